The van der Waals surface area contributed by atoms with Gasteiger partial charge < -0.3 is 32.9 Å². The third-order valence-corrected chi connectivity index (χ3v) is 7.18. The van der Waals surface area contributed by atoms with Crippen molar-refractivity contribution in [2.24, 2.45) is 23.1 Å². The van der Waals surface area contributed by atoms with Crippen molar-refractivity contribution < 1.29 is 29.1 Å². The number of carbonyl (C=O) groups excluding carboxylic acids is 4. The highest BCUT2D eigenvalue weighted by molar-refractivity contribution is 7.80. The van der Waals surface area contributed by atoms with E-state index < -0.39 is 66.4 Å². The van der Waals surface area contributed by atoms with Crippen LogP contribution < -0.4 is 44.0 Å². The Morgan fingerprint density at radius 3 is 2.07 bits per heavy atom. The molecule has 1 rings (SSSR count). The van der Waals surface area contributed by atoms with E-state index >= 15 is 0 Å². The summed E-state index contributed by atoms with van der Waals surface area (Å²) in [5.74, 6) is -2.71. The number of aliphatic carboxylic acids is 1. The summed E-state index contributed by atoms with van der Waals surface area (Å²) in [6, 6.07) is 4.54. The highest BCUT2D eigenvalue weighted by Crippen LogP contribution is 2.08. The van der Waals surface area contributed by atoms with E-state index in [9.17, 15) is 29.1 Å². The topological polar surface area (TPSA) is 244 Å². The van der Waals surface area contributed by atoms with E-state index in [2.05, 4.69) is 39.4 Å². The number of nitrogens with two attached hydrogens (primary N) is 3. The normalized spacial score (nSPS) is 14.9. The molecule has 0 bridgehead atoms. The number of thiol groups is 1. The molecule has 0 aliphatic heterocycles. The van der Waals surface area contributed by atoms with Crippen molar-refractivity contribution in [1.29, 1.82) is 0 Å². The number of hydrazine groups is 1. The number of hydrogen-bond acceptors (Lipinski definition) is 13. The van der Waals surface area contributed by atoms with Crippen LogP contribution in [-0.4, -0.2) is 89.7 Å². The lowest BCUT2D eigenvalue weighted by Gasteiger charge is -2.25. The number of carboxylic acids is 1. The van der Waals surface area contributed by atoms with E-state index in [0.717, 1.165) is 5.56 Å². The van der Waals surface area contributed by atoms with Gasteiger partial charge in [0.1, 0.15) is 18.4 Å². The molecule has 15 heteroatoms. The molecule has 1 aromatic carbocycles. The molecule has 0 spiro atoms. The Morgan fingerprint density at radius 1 is 0.864 bits per heavy atom. The molecular formula is C29H50N8O6S. The number of nitrogens with one attached hydrogen (secondary N) is 5. The number of carbonyl (C=O) groups is 5. The van der Waals surface area contributed by atoms with Gasteiger partial charge in [-0.2, -0.15) is 12.6 Å². The highest BCUT2D eigenvalue weighted by Gasteiger charge is 2.29. The molecule has 248 valence electrons. The van der Waals surface area contributed by atoms with E-state index in [1.54, 1.807) is 19.1 Å². The maximum absolute atomic E-state index is 13.5. The van der Waals surface area contributed by atoms with Crippen molar-refractivity contribution in [2.75, 3.05) is 18.8 Å². The van der Waals surface area contributed by atoms with Crippen LogP contribution in [0.15, 0.2) is 30.3 Å². The first-order valence-corrected chi connectivity index (χ1v) is 15.4. The van der Waals surface area contributed by atoms with Crippen molar-refractivity contribution in [3.63, 3.8) is 0 Å². The molecule has 44 heavy (non-hydrogen) atoms. The first-order valence-electron chi connectivity index (χ1n) is 14.8. The van der Waals surface area contributed by atoms with Gasteiger partial charge in [0.25, 0.3) is 0 Å². The molecular weight excluding hydrogens is 588 g/mol. The molecule has 0 radical (unpaired) electrons. The fraction of sp³-hybridized carbons (Fsp3) is 0.621. The Balaban J connectivity index is 2.99. The molecule has 1 aromatic rings. The third kappa shape index (κ3) is 15.8. The molecule has 12 N–H and O–H groups in total. The van der Waals surface area contributed by atoms with Crippen LogP contribution in [0.3, 0.4) is 0 Å². The minimum absolute atomic E-state index is 0.0387. The molecule has 0 aliphatic carbocycles. The Morgan fingerprint density at radius 2 is 1.50 bits per heavy atom. The van der Waals surface area contributed by atoms with Crippen LogP contribution in [0.4, 0.5) is 0 Å². The van der Waals surface area contributed by atoms with Gasteiger partial charge in [-0.3, -0.25) is 29.3 Å². The Bertz CT molecular complexity index is 1060. The van der Waals surface area contributed by atoms with Crippen molar-refractivity contribution in [3.05, 3.63) is 35.9 Å². The molecule has 0 fully saturated rings. The van der Waals surface area contributed by atoms with Gasteiger partial charge in [0.15, 0.2) is 17.3 Å². The number of Topliss-reactive ketones (excluding diaryl/α,β-unsaturated/α-hetero) is 3. The predicted octanol–water partition coefficient (Wildman–Crippen LogP) is -1.42. The van der Waals surface area contributed by atoms with E-state index in [1.807, 2.05) is 32.0 Å². The largest absolute Gasteiger partial charge is 0.480 e. The quantitative estimate of drug-likeness (QED) is 0.0206. The summed E-state index contributed by atoms with van der Waals surface area (Å²) in [5, 5.41) is 17.8. The maximum Gasteiger partial charge on any atom is 0.322 e. The van der Waals surface area contributed by atoms with Gasteiger partial charge >= 0.3 is 5.97 Å². The zero-order chi connectivity index (χ0) is 33.2. The number of hydrogen-bond donors (Lipinski definition) is 10. The Labute approximate surface area is 264 Å². The van der Waals surface area contributed by atoms with E-state index in [-0.39, 0.29) is 36.8 Å². The molecule has 1 unspecified atom stereocenters. The first kappa shape index (κ1) is 39.3. The minimum Gasteiger partial charge on any atom is -0.480 e. The average molecular weight is 639 g/mol. The SMILES string of the molecule is CC(C)CC(N)C(=O)CN[C@@H](C)C(=O)CC(=O)[C@H](CCCNC(N)N)NC(=O)[C@H](Cc1ccccc1)NN[C@@H](CS)C(=O)O. The summed E-state index contributed by atoms with van der Waals surface area (Å²) in [6.07, 6.45) is 0.0428. The lowest BCUT2D eigenvalue weighted by atomic mass is 9.98. The number of amides is 1. The molecule has 0 saturated heterocycles. The maximum atomic E-state index is 13.5. The highest BCUT2D eigenvalue weighted by atomic mass is 32.1. The molecule has 0 saturated carbocycles. The molecule has 5 atom stereocenters. The average Bonchev–Trinajstić information content (AvgIpc) is 2.96. The summed E-state index contributed by atoms with van der Waals surface area (Å²) >= 11 is 4.04. The predicted molar refractivity (Wildman–Crippen MR) is 171 cm³/mol. The standard InChI is InChI=1S/C29H50N8O6S/c1-17(2)12-20(30)26(40)15-34-18(3)24(38)14-25(39)21(10-7-11-33-29(31)32)35-27(41)22(13-19-8-5-4-6-9-19)36-37-23(16-44)28(42)43/h4-6,8-9,17-18,20-23,29,33-34,36-37,44H,7,10-16,30-32H2,1-3H3,(H,35,41)(H,42,43)/t18-,20?,21-,22-,23-/m0/s1. The second-order valence-electron chi connectivity index (χ2n) is 11.2. The Kier molecular flexibility index (Phi) is 18.8. The second-order valence-corrected chi connectivity index (χ2v) is 11.6. The van der Waals surface area contributed by atoms with Crippen LogP contribution in [0.2, 0.25) is 0 Å². The monoisotopic (exact) mass is 638 g/mol. The fourth-order valence-corrected chi connectivity index (χ4v) is 4.44. The second kappa shape index (κ2) is 21.1. The van der Waals surface area contributed by atoms with Crippen LogP contribution >= 0.6 is 12.6 Å². The summed E-state index contributed by atoms with van der Waals surface area (Å²) in [6.45, 7) is 5.72. The van der Waals surface area contributed by atoms with Crippen molar-refractivity contribution in [1.82, 2.24) is 26.8 Å². The van der Waals surface area contributed by atoms with Gasteiger partial charge in [0.05, 0.1) is 31.1 Å². The van der Waals surface area contributed by atoms with Crippen LogP contribution in [0, 0.1) is 5.92 Å². The molecule has 14 nitrogen and oxygen atoms in total. The number of benzene rings is 1. The molecule has 0 aliphatic rings. The minimum atomic E-state index is -1.16. The lowest BCUT2D eigenvalue weighted by molar-refractivity contribution is -0.139. The Hall–Kier alpha value is -2.76. The molecule has 0 aromatic heterocycles. The van der Waals surface area contributed by atoms with Gasteiger partial charge in [0, 0.05) is 5.75 Å². The van der Waals surface area contributed by atoms with E-state index in [1.165, 1.54) is 0 Å². The zero-order valence-corrected chi connectivity index (χ0v) is 26.6. The van der Waals surface area contributed by atoms with Crippen LogP contribution in [0.25, 0.3) is 0 Å². The van der Waals surface area contributed by atoms with Crippen molar-refractivity contribution in [2.45, 2.75) is 89.4 Å². The van der Waals surface area contributed by atoms with Gasteiger partial charge in [-0.25, -0.2) is 10.9 Å². The van der Waals surface area contributed by atoms with E-state index in [4.69, 9.17) is 17.2 Å². The van der Waals surface area contributed by atoms with Crippen LogP contribution in [0.5, 0.6) is 0 Å². The molecule has 1 amide bonds. The summed E-state index contributed by atoms with van der Waals surface area (Å²) < 4.78 is 0. The van der Waals surface area contributed by atoms with Gasteiger partial charge in [-0.05, 0) is 50.6 Å². The van der Waals surface area contributed by atoms with Gasteiger partial charge in [0.2, 0.25) is 5.91 Å². The van der Waals surface area contributed by atoms with Crippen LogP contribution in [-0.2, 0) is 30.4 Å². The fourth-order valence-electron chi connectivity index (χ4n) is 4.19. The summed E-state index contributed by atoms with van der Waals surface area (Å²) in [5.41, 5.74) is 23.2. The third-order valence-electron chi connectivity index (χ3n) is 6.82. The van der Waals surface area contributed by atoms with Crippen molar-refractivity contribution in [3.8, 4) is 0 Å². The molecule has 0 heterocycles. The summed E-state index contributed by atoms with van der Waals surface area (Å²) in [4.78, 5) is 63.5. The van der Waals surface area contributed by atoms with Crippen molar-refractivity contribution >= 4 is 41.9 Å². The van der Waals surface area contributed by atoms with E-state index in [0.29, 0.717) is 19.4 Å². The first-order chi connectivity index (χ1) is 20.7. The van der Waals surface area contributed by atoms with Gasteiger partial charge in [-0.1, -0.05) is 44.2 Å². The smallest absolute Gasteiger partial charge is 0.322 e. The van der Waals surface area contributed by atoms with Crippen LogP contribution in [0.1, 0.15) is 52.0 Å². The number of ketones is 3. The lowest BCUT2D eigenvalue weighted by Crippen LogP contribution is -2.58. The number of carboxylic acid groups (broad SMARTS) is 1. The summed E-state index contributed by atoms with van der Waals surface area (Å²) in [7, 11) is 0. The zero-order valence-electron chi connectivity index (χ0n) is 25.8. The number of rotatable bonds is 24. The van der Waals surface area contributed by atoms with Gasteiger partial charge in [-0.15, -0.1) is 0 Å².